The van der Waals surface area contributed by atoms with E-state index < -0.39 is 5.54 Å². The number of aromatic nitrogens is 1. The molecule has 0 fully saturated rings. The minimum absolute atomic E-state index is 0.199. The molecule has 114 valence electrons. The first kappa shape index (κ1) is 15.0. The predicted octanol–water partition coefficient (Wildman–Crippen LogP) is 4.63. The fourth-order valence-electron chi connectivity index (χ4n) is 3.59. The fourth-order valence-corrected chi connectivity index (χ4v) is 3.59. The van der Waals surface area contributed by atoms with Crippen molar-refractivity contribution < 1.29 is 0 Å². The Bertz CT molecular complexity index is 671. The quantitative estimate of drug-likeness (QED) is 0.835. The molecule has 0 unspecified atom stereocenters. The number of unbranched alkanes of at least 4 members (excludes halogenated alkanes) is 2. The molecular weight excluding hydrogens is 268 g/mol. The van der Waals surface area contributed by atoms with E-state index in [2.05, 4.69) is 61.3 Å². The number of pyridine rings is 1. The second kappa shape index (κ2) is 6.05. The lowest BCUT2D eigenvalue weighted by molar-refractivity contribution is 0.470. The van der Waals surface area contributed by atoms with E-state index in [4.69, 9.17) is 5.73 Å². The summed E-state index contributed by atoms with van der Waals surface area (Å²) in [6.45, 7) is 4.37. The summed E-state index contributed by atoms with van der Waals surface area (Å²) in [5.41, 5.74) is 11.5. The van der Waals surface area contributed by atoms with Gasteiger partial charge in [0.25, 0.3) is 0 Å². The molecule has 3 rings (SSSR count). The summed E-state index contributed by atoms with van der Waals surface area (Å²) in [4.78, 5) is 4.33. The van der Waals surface area contributed by atoms with E-state index in [1.165, 1.54) is 35.1 Å². The minimum Gasteiger partial charge on any atom is -0.321 e. The number of hydrogen-bond donors (Lipinski definition) is 1. The van der Waals surface area contributed by atoms with Crippen LogP contribution in [0.25, 0.3) is 5.57 Å². The number of nitrogens with zero attached hydrogens (tertiary/aromatic N) is 1. The number of fused-ring (bicyclic) bond motifs is 1. The summed E-state index contributed by atoms with van der Waals surface area (Å²) in [5.74, 6) is 0.199. The molecule has 1 aliphatic carbocycles. The highest BCUT2D eigenvalue weighted by Crippen LogP contribution is 2.52. The minimum atomic E-state index is -0.391. The van der Waals surface area contributed by atoms with Gasteiger partial charge in [0.2, 0.25) is 0 Å². The molecule has 1 aromatic heterocycles. The van der Waals surface area contributed by atoms with Gasteiger partial charge in [0, 0.05) is 29.4 Å². The summed E-state index contributed by atoms with van der Waals surface area (Å²) in [6.07, 6.45) is 9.71. The fraction of sp³-hybridized carbons (Fsp3) is 0.350. The van der Waals surface area contributed by atoms with Crippen LogP contribution in [0.1, 0.15) is 55.7 Å². The van der Waals surface area contributed by atoms with Crippen molar-refractivity contribution in [2.75, 3.05) is 0 Å². The lowest BCUT2D eigenvalue weighted by Gasteiger charge is -2.29. The molecule has 0 saturated heterocycles. The average Bonchev–Trinajstić information content (AvgIpc) is 2.77. The molecule has 2 aromatic rings. The molecule has 0 aliphatic heterocycles. The van der Waals surface area contributed by atoms with Gasteiger partial charge in [-0.2, -0.15) is 0 Å². The zero-order chi connectivity index (χ0) is 15.6. The maximum atomic E-state index is 6.79. The zero-order valence-electron chi connectivity index (χ0n) is 13.4. The Hall–Kier alpha value is -1.93. The van der Waals surface area contributed by atoms with E-state index in [1.54, 1.807) is 0 Å². The van der Waals surface area contributed by atoms with E-state index in [1.807, 2.05) is 12.4 Å². The van der Waals surface area contributed by atoms with Crippen molar-refractivity contribution in [3.05, 3.63) is 71.6 Å². The average molecular weight is 292 g/mol. The summed E-state index contributed by atoms with van der Waals surface area (Å²) in [7, 11) is 0. The molecule has 2 nitrogen and oxygen atoms in total. The largest absolute Gasteiger partial charge is 0.321 e. The van der Waals surface area contributed by atoms with Crippen molar-refractivity contribution in [3.63, 3.8) is 0 Å². The van der Waals surface area contributed by atoms with Crippen molar-refractivity contribution in [3.8, 4) is 0 Å². The van der Waals surface area contributed by atoms with Gasteiger partial charge in [-0.1, -0.05) is 56.2 Å². The number of nitrogens with two attached hydrogens (primary N) is 1. The molecule has 0 saturated carbocycles. The maximum Gasteiger partial charge on any atom is 0.0498 e. The Labute approximate surface area is 133 Å². The van der Waals surface area contributed by atoms with E-state index in [9.17, 15) is 0 Å². The normalized spacial score (nSPS) is 25.4. The first-order chi connectivity index (χ1) is 10.7. The van der Waals surface area contributed by atoms with E-state index >= 15 is 0 Å². The lowest BCUT2D eigenvalue weighted by atomic mass is 9.80. The number of hydrogen-bond acceptors (Lipinski definition) is 2. The molecule has 0 radical (unpaired) electrons. The Morgan fingerprint density at radius 3 is 2.73 bits per heavy atom. The Balaban J connectivity index is 2.12. The van der Waals surface area contributed by atoms with Crippen LogP contribution in [0.15, 0.2) is 54.9 Å². The third-order valence-corrected chi connectivity index (χ3v) is 4.68. The van der Waals surface area contributed by atoms with Gasteiger partial charge in [-0.25, -0.2) is 0 Å². The molecular formula is C20H24N2. The van der Waals surface area contributed by atoms with Crippen molar-refractivity contribution in [1.29, 1.82) is 0 Å². The Kier molecular flexibility index (Phi) is 4.12. The van der Waals surface area contributed by atoms with E-state index in [0.717, 1.165) is 6.42 Å². The number of rotatable bonds is 4. The zero-order valence-corrected chi connectivity index (χ0v) is 13.4. The first-order valence-corrected chi connectivity index (χ1v) is 8.15. The van der Waals surface area contributed by atoms with Crippen LogP contribution in [0.5, 0.6) is 0 Å². The Morgan fingerprint density at radius 1 is 1.23 bits per heavy atom. The smallest absolute Gasteiger partial charge is 0.0498 e. The highest BCUT2D eigenvalue weighted by atomic mass is 14.8. The van der Waals surface area contributed by atoms with Crippen LogP contribution >= 0.6 is 0 Å². The summed E-state index contributed by atoms with van der Waals surface area (Å²) in [5, 5.41) is 0. The molecule has 1 heterocycles. The molecule has 1 aliphatic rings. The van der Waals surface area contributed by atoms with Gasteiger partial charge >= 0.3 is 0 Å². The monoisotopic (exact) mass is 292 g/mol. The number of allylic oxidation sites excluding steroid dienone is 1. The second-order valence-electron chi connectivity index (χ2n) is 6.35. The Morgan fingerprint density at radius 2 is 2.00 bits per heavy atom. The highest BCUT2D eigenvalue weighted by molar-refractivity contribution is 5.81. The van der Waals surface area contributed by atoms with E-state index in [-0.39, 0.29) is 5.92 Å². The second-order valence-corrected chi connectivity index (χ2v) is 6.35. The van der Waals surface area contributed by atoms with Crippen LogP contribution < -0.4 is 5.73 Å². The van der Waals surface area contributed by atoms with Crippen LogP contribution in [0.4, 0.5) is 0 Å². The van der Waals surface area contributed by atoms with Crippen LogP contribution in [-0.2, 0) is 5.54 Å². The highest BCUT2D eigenvalue weighted by Gasteiger charge is 2.44. The van der Waals surface area contributed by atoms with Gasteiger partial charge in [-0.15, -0.1) is 0 Å². The van der Waals surface area contributed by atoms with Crippen molar-refractivity contribution in [2.45, 2.75) is 44.6 Å². The molecule has 0 spiro atoms. The molecule has 2 atom stereocenters. The molecule has 0 amide bonds. The number of benzene rings is 1. The molecule has 2 N–H and O–H groups in total. The molecule has 0 bridgehead atoms. The lowest BCUT2D eigenvalue weighted by Crippen LogP contribution is -2.36. The van der Waals surface area contributed by atoms with Crippen molar-refractivity contribution >= 4 is 5.57 Å². The maximum absolute atomic E-state index is 6.79. The third kappa shape index (κ3) is 2.48. The van der Waals surface area contributed by atoms with Gasteiger partial charge in [0.15, 0.2) is 0 Å². The van der Waals surface area contributed by atoms with Gasteiger partial charge < -0.3 is 5.73 Å². The van der Waals surface area contributed by atoms with Crippen molar-refractivity contribution in [2.24, 2.45) is 5.73 Å². The van der Waals surface area contributed by atoms with Crippen LogP contribution in [0.2, 0.25) is 0 Å². The topological polar surface area (TPSA) is 38.9 Å². The molecule has 2 heteroatoms. The molecule has 22 heavy (non-hydrogen) atoms. The first-order valence-electron chi connectivity index (χ1n) is 8.15. The van der Waals surface area contributed by atoms with E-state index in [0.29, 0.717) is 0 Å². The van der Waals surface area contributed by atoms with Gasteiger partial charge in [0.05, 0.1) is 0 Å². The summed E-state index contributed by atoms with van der Waals surface area (Å²) < 4.78 is 0. The third-order valence-electron chi connectivity index (χ3n) is 4.68. The van der Waals surface area contributed by atoms with Crippen LogP contribution in [0, 0.1) is 0 Å². The van der Waals surface area contributed by atoms with Crippen LogP contribution in [0.3, 0.4) is 0 Å². The van der Waals surface area contributed by atoms with Gasteiger partial charge in [0.1, 0.15) is 0 Å². The summed E-state index contributed by atoms with van der Waals surface area (Å²) >= 11 is 0. The molecule has 1 aromatic carbocycles. The van der Waals surface area contributed by atoms with Crippen molar-refractivity contribution in [1.82, 2.24) is 4.98 Å². The standard InChI is InChI=1S/C20H24N2/c1-3-4-6-11-16-17-14-22-13-12-18(17)20(2,21)19(16)15-9-7-5-8-10-15/h5,7-14,19H,3-4,6,21H2,1-2H3/b16-11-/t19-,20+/m1/s1. The predicted molar refractivity (Wildman–Crippen MR) is 92.5 cm³/mol. The SMILES string of the molecule is CCCC/C=C1/c2cnccc2[C@](C)(N)[C@@H]1c1ccccc1. The van der Waals surface area contributed by atoms with Gasteiger partial charge in [-0.3, -0.25) is 4.98 Å². The van der Waals surface area contributed by atoms with Gasteiger partial charge in [-0.05, 0) is 36.1 Å². The summed E-state index contributed by atoms with van der Waals surface area (Å²) in [6, 6.07) is 12.7. The van der Waals surface area contributed by atoms with Crippen LogP contribution in [-0.4, -0.2) is 4.98 Å².